The van der Waals surface area contributed by atoms with E-state index in [1.54, 1.807) is 0 Å². The lowest BCUT2D eigenvalue weighted by Gasteiger charge is -2.08. The molecule has 0 bridgehead atoms. The molecule has 0 aromatic heterocycles. The molecule has 6 nitrogen and oxygen atoms in total. The summed E-state index contributed by atoms with van der Waals surface area (Å²) in [5, 5.41) is 5.78. The highest BCUT2D eigenvalue weighted by Gasteiger charge is 2.04. The summed E-state index contributed by atoms with van der Waals surface area (Å²) in [6, 6.07) is 14.9. The molecular formula is C25H32Br2N2O4. The van der Waals surface area contributed by atoms with Crippen LogP contribution < -0.4 is 20.1 Å². The van der Waals surface area contributed by atoms with Crippen molar-refractivity contribution in [3.63, 3.8) is 0 Å². The zero-order chi connectivity index (χ0) is 23.7. The lowest BCUT2D eigenvalue weighted by Crippen LogP contribution is -2.29. The van der Waals surface area contributed by atoms with Gasteiger partial charge in [0.05, 0.1) is 0 Å². The molecule has 0 aliphatic rings. The van der Waals surface area contributed by atoms with E-state index in [0.717, 1.165) is 47.5 Å². The Labute approximate surface area is 213 Å². The third-order valence-electron chi connectivity index (χ3n) is 4.83. The van der Waals surface area contributed by atoms with Crippen LogP contribution in [0.1, 0.15) is 44.9 Å². The number of amides is 2. The van der Waals surface area contributed by atoms with Gasteiger partial charge in [-0.25, -0.2) is 0 Å². The molecule has 180 valence electrons. The van der Waals surface area contributed by atoms with Gasteiger partial charge in [0.25, 0.3) is 11.8 Å². The van der Waals surface area contributed by atoms with Crippen molar-refractivity contribution in [3.05, 3.63) is 57.5 Å². The molecule has 33 heavy (non-hydrogen) atoms. The van der Waals surface area contributed by atoms with E-state index in [2.05, 4.69) is 42.5 Å². The van der Waals surface area contributed by atoms with Gasteiger partial charge in [-0.2, -0.15) is 0 Å². The molecule has 0 fully saturated rings. The molecule has 8 heteroatoms. The largest absolute Gasteiger partial charge is 0.484 e. The maximum absolute atomic E-state index is 11.8. The summed E-state index contributed by atoms with van der Waals surface area (Å²) in [6.07, 6.45) is 7.59. The monoisotopic (exact) mass is 582 g/mol. The standard InChI is InChI=1S/C25H32Br2N2O4/c26-20-10-8-12-22(16-20)32-18-24(30)28-14-6-4-2-1-3-5-7-15-29-25(31)19-33-23-13-9-11-21(27)17-23/h8-13,16-17H,1-7,14-15,18-19H2,(H,28,30)(H,29,31). The van der Waals surface area contributed by atoms with Crippen LogP contribution in [0, 0.1) is 0 Å². The third-order valence-corrected chi connectivity index (χ3v) is 5.82. The Morgan fingerprint density at radius 3 is 1.42 bits per heavy atom. The second-order valence-electron chi connectivity index (χ2n) is 7.67. The summed E-state index contributed by atoms with van der Waals surface area (Å²) in [5.41, 5.74) is 0. The van der Waals surface area contributed by atoms with Gasteiger partial charge in [-0.05, 0) is 49.2 Å². The molecular weight excluding hydrogens is 552 g/mol. The van der Waals surface area contributed by atoms with Crippen molar-refractivity contribution in [3.8, 4) is 11.5 Å². The number of halogens is 2. The number of hydrogen-bond acceptors (Lipinski definition) is 4. The first-order valence-electron chi connectivity index (χ1n) is 11.3. The minimum atomic E-state index is -0.0981. The summed E-state index contributed by atoms with van der Waals surface area (Å²) in [4.78, 5) is 23.6. The Kier molecular flexibility index (Phi) is 13.6. The second kappa shape index (κ2) is 16.5. The van der Waals surface area contributed by atoms with Gasteiger partial charge in [0.2, 0.25) is 0 Å². The normalized spacial score (nSPS) is 10.5. The summed E-state index contributed by atoms with van der Waals surface area (Å²) in [7, 11) is 0. The van der Waals surface area contributed by atoms with Crippen molar-refractivity contribution in [2.24, 2.45) is 0 Å². The second-order valence-corrected chi connectivity index (χ2v) is 9.50. The number of carbonyl (C=O) groups excluding carboxylic acids is 2. The van der Waals surface area contributed by atoms with E-state index in [9.17, 15) is 9.59 Å². The minimum absolute atomic E-state index is 0.0309. The lowest BCUT2D eigenvalue weighted by atomic mass is 10.1. The fourth-order valence-corrected chi connectivity index (χ4v) is 3.86. The minimum Gasteiger partial charge on any atom is -0.484 e. The molecule has 2 aromatic carbocycles. The van der Waals surface area contributed by atoms with Crippen LogP contribution in [0.25, 0.3) is 0 Å². The number of rotatable bonds is 16. The van der Waals surface area contributed by atoms with Crippen LogP contribution >= 0.6 is 31.9 Å². The van der Waals surface area contributed by atoms with Crippen molar-refractivity contribution in [1.29, 1.82) is 0 Å². The molecule has 0 aliphatic carbocycles. The van der Waals surface area contributed by atoms with E-state index in [-0.39, 0.29) is 25.0 Å². The fourth-order valence-electron chi connectivity index (χ4n) is 3.10. The van der Waals surface area contributed by atoms with E-state index in [0.29, 0.717) is 24.6 Å². The van der Waals surface area contributed by atoms with E-state index in [1.165, 1.54) is 6.42 Å². The molecule has 0 unspecified atom stereocenters. The van der Waals surface area contributed by atoms with Gasteiger partial charge >= 0.3 is 0 Å². The van der Waals surface area contributed by atoms with E-state index in [4.69, 9.17) is 9.47 Å². The number of nitrogens with one attached hydrogen (secondary N) is 2. The van der Waals surface area contributed by atoms with Crippen LogP contribution in [-0.2, 0) is 9.59 Å². The van der Waals surface area contributed by atoms with Gasteiger partial charge in [0.1, 0.15) is 11.5 Å². The van der Waals surface area contributed by atoms with Crippen LogP contribution in [0.2, 0.25) is 0 Å². The molecule has 2 N–H and O–H groups in total. The molecule has 0 saturated carbocycles. The predicted octanol–water partition coefficient (Wildman–Crippen LogP) is 5.63. The first kappa shape index (κ1) is 27.2. The molecule has 0 aliphatic heterocycles. The van der Waals surface area contributed by atoms with Crippen molar-refractivity contribution in [2.75, 3.05) is 26.3 Å². The maximum atomic E-state index is 11.8. The SMILES string of the molecule is O=C(COc1cccc(Br)c1)NCCCCCCCCCNC(=O)COc1cccc(Br)c1. The lowest BCUT2D eigenvalue weighted by molar-refractivity contribution is -0.123. The quantitative estimate of drug-likeness (QED) is 0.251. The van der Waals surface area contributed by atoms with Crippen molar-refractivity contribution in [2.45, 2.75) is 44.9 Å². The van der Waals surface area contributed by atoms with E-state index < -0.39 is 0 Å². The van der Waals surface area contributed by atoms with Gasteiger partial charge in [-0.1, -0.05) is 76.1 Å². The molecule has 2 rings (SSSR count). The number of carbonyl (C=O) groups is 2. The highest BCUT2D eigenvalue weighted by atomic mass is 79.9. The maximum Gasteiger partial charge on any atom is 0.257 e. The fraction of sp³-hybridized carbons (Fsp3) is 0.440. The number of unbranched alkanes of at least 4 members (excludes halogenated alkanes) is 6. The van der Waals surface area contributed by atoms with Crippen molar-refractivity contribution >= 4 is 43.7 Å². The number of hydrogen-bond donors (Lipinski definition) is 2. The van der Waals surface area contributed by atoms with Gasteiger partial charge < -0.3 is 20.1 Å². The van der Waals surface area contributed by atoms with Crippen LogP contribution in [0.4, 0.5) is 0 Å². The molecule has 0 atom stereocenters. The molecule has 0 spiro atoms. The Morgan fingerprint density at radius 2 is 1.03 bits per heavy atom. The summed E-state index contributed by atoms with van der Waals surface area (Å²) in [6.45, 7) is 1.41. The smallest absolute Gasteiger partial charge is 0.257 e. The van der Waals surface area contributed by atoms with Gasteiger partial charge in [-0.15, -0.1) is 0 Å². The average molecular weight is 584 g/mol. The van der Waals surface area contributed by atoms with Crippen LogP contribution in [0.15, 0.2) is 57.5 Å². The van der Waals surface area contributed by atoms with Crippen LogP contribution in [-0.4, -0.2) is 38.1 Å². The molecule has 0 saturated heterocycles. The Bertz CT molecular complexity index is 794. The molecule has 2 amide bonds. The Hall–Kier alpha value is -2.06. The number of ether oxygens (including phenoxy) is 2. The molecule has 2 aromatic rings. The van der Waals surface area contributed by atoms with E-state index >= 15 is 0 Å². The van der Waals surface area contributed by atoms with E-state index in [1.807, 2.05) is 48.5 Å². The van der Waals surface area contributed by atoms with Gasteiger partial charge in [0.15, 0.2) is 13.2 Å². The first-order chi connectivity index (χ1) is 16.0. The summed E-state index contributed by atoms with van der Waals surface area (Å²) < 4.78 is 12.8. The van der Waals surface area contributed by atoms with Crippen LogP contribution in [0.5, 0.6) is 11.5 Å². The van der Waals surface area contributed by atoms with Gasteiger partial charge in [0, 0.05) is 22.0 Å². The Balaban J connectivity index is 1.35. The highest BCUT2D eigenvalue weighted by molar-refractivity contribution is 9.10. The number of benzene rings is 2. The zero-order valence-electron chi connectivity index (χ0n) is 18.8. The van der Waals surface area contributed by atoms with Gasteiger partial charge in [-0.3, -0.25) is 9.59 Å². The van der Waals surface area contributed by atoms with Crippen LogP contribution in [0.3, 0.4) is 0 Å². The predicted molar refractivity (Wildman–Crippen MR) is 138 cm³/mol. The summed E-state index contributed by atoms with van der Waals surface area (Å²) in [5.74, 6) is 1.15. The third kappa shape index (κ3) is 13.3. The van der Waals surface area contributed by atoms with Crippen molar-refractivity contribution in [1.82, 2.24) is 10.6 Å². The highest BCUT2D eigenvalue weighted by Crippen LogP contribution is 2.18. The topological polar surface area (TPSA) is 76.7 Å². The van der Waals surface area contributed by atoms with Crippen molar-refractivity contribution < 1.29 is 19.1 Å². The first-order valence-corrected chi connectivity index (χ1v) is 12.9. The molecule has 0 radical (unpaired) electrons. The summed E-state index contributed by atoms with van der Waals surface area (Å²) >= 11 is 6.75. The Morgan fingerprint density at radius 1 is 0.636 bits per heavy atom. The zero-order valence-corrected chi connectivity index (χ0v) is 22.0. The molecule has 0 heterocycles. The average Bonchev–Trinajstić information content (AvgIpc) is 2.80.